The second-order valence-electron chi connectivity index (χ2n) is 7.40. The maximum atomic E-state index is 11.3. The molecule has 0 bridgehead atoms. The van der Waals surface area contributed by atoms with Crippen molar-refractivity contribution in [3.63, 3.8) is 0 Å². The molecule has 4 rings (SSSR count). The highest BCUT2D eigenvalue weighted by atomic mass is 16.4. The molecule has 0 unspecified atom stereocenters. The molecule has 152 valence electrons. The third kappa shape index (κ3) is 3.24. The first-order valence-corrected chi connectivity index (χ1v) is 9.49. The highest BCUT2D eigenvalue weighted by Gasteiger charge is 2.21. The molecule has 0 aliphatic rings. The van der Waals surface area contributed by atoms with Gasteiger partial charge in [-0.25, -0.2) is 0 Å². The SMILES string of the molecule is Cc1ccc(Cn2c3cncc(O)c3c3c(NC=O)c(CC(=O)O)ccc32)c(C)c1. The Morgan fingerprint density at radius 3 is 2.57 bits per heavy atom. The second-order valence-corrected chi connectivity index (χ2v) is 7.40. The normalized spacial score (nSPS) is 11.1. The van der Waals surface area contributed by atoms with Gasteiger partial charge in [0.1, 0.15) is 5.75 Å². The summed E-state index contributed by atoms with van der Waals surface area (Å²) < 4.78 is 2.02. The number of carbonyl (C=O) groups excluding carboxylic acids is 1. The molecule has 30 heavy (non-hydrogen) atoms. The van der Waals surface area contributed by atoms with Crippen LogP contribution in [0.3, 0.4) is 0 Å². The van der Waals surface area contributed by atoms with E-state index in [-0.39, 0.29) is 12.2 Å². The van der Waals surface area contributed by atoms with Gasteiger partial charge in [-0.1, -0.05) is 29.8 Å². The van der Waals surface area contributed by atoms with Crippen LogP contribution in [0.4, 0.5) is 5.69 Å². The van der Waals surface area contributed by atoms with Crippen LogP contribution in [0.5, 0.6) is 5.75 Å². The minimum Gasteiger partial charge on any atom is -0.506 e. The van der Waals surface area contributed by atoms with Crippen LogP contribution in [0.2, 0.25) is 0 Å². The predicted molar refractivity (Wildman–Crippen MR) is 115 cm³/mol. The lowest BCUT2D eigenvalue weighted by Crippen LogP contribution is -2.06. The van der Waals surface area contributed by atoms with Crippen molar-refractivity contribution in [2.75, 3.05) is 5.32 Å². The number of carboxylic acids is 1. The van der Waals surface area contributed by atoms with Crippen LogP contribution in [0, 0.1) is 13.8 Å². The van der Waals surface area contributed by atoms with Gasteiger partial charge >= 0.3 is 5.97 Å². The summed E-state index contributed by atoms with van der Waals surface area (Å²) in [5.41, 5.74) is 5.75. The number of rotatable bonds is 6. The molecule has 0 aliphatic heterocycles. The van der Waals surface area contributed by atoms with Crippen LogP contribution < -0.4 is 5.32 Å². The van der Waals surface area contributed by atoms with Crippen LogP contribution in [-0.4, -0.2) is 32.1 Å². The molecule has 0 fully saturated rings. The Balaban J connectivity index is 2.05. The third-order valence-electron chi connectivity index (χ3n) is 5.38. The smallest absolute Gasteiger partial charge is 0.307 e. The van der Waals surface area contributed by atoms with Crippen LogP contribution >= 0.6 is 0 Å². The van der Waals surface area contributed by atoms with Gasteiger partial charge in [-0.3, -0.25) is 14.6 Å². The number of anilines is 1. The number of amides is 1. The van der Waals surface area contributed by atoms with E-state index in [1.807, 2.05) is 17.6 Å². The molecule has 1 amide bonds. The van der Waals surface area contributed by atoms with Gasteiger partial charge in [-0.05, 0) is 36.6 Å². The van der Waals surface area contributed by atoms with E-state index in [2.05, 4.69) is 35.4 Å². The van der Waals surface area contributed by atoms with Gasteiger partial charge in [0.05, 0.1) is 40.9 Å². The van der Waals surface area contributed by atoms with Crippen molar-refractivity contribution >= 4 is 39.9 Å². The number of nitrogens with one attached hydrogen (secondary N) is 1. The second kappa shape index (κ2) is 7.51. The maximum Gasteiger partial charge on any atom is 0.307 e. The average Bonchev–Trinajstić information content (AvgIpc) is 3.00. The van der Waals surface area contributed by atoms with E-state index in [0.29, 0.717) is 40.5 Å². The number of carboxylic acid groups (broad SMARTS) is 1. The fourth-order valence-corrected chi connectivity index (χ4v) is 4.04. The first-order chi connectivity index (χ1) is 14.4. The van der Waals surface area contributed by atoms with Gasteiger partial charge in [0, 0.05) is 11.9 Å². The zero-order valence-electron chi connectivity index (χ0n) is 16.6. The number of hydrogen-bond acceptors (Lipinski definition) is 4. The maximum absolute atomic E-state index is 11.3. The minimum absolute atomic E-state index is 0.0293. The first-order valence-electron chi connectivity index (χ1n) is 9.49. The number of fused-ring (bicyclic) bond motifs is 3. The summed E-state index contributed by atoms with van der Waals surface area (Å²) in [6.07, 6.45) is 3.28. The molecular weight excluding hydrogens is 382 g/mol. The average molecular weight is 403 g/mol. The number of aromatic nitrogens is 2. The Kier molecular flexibility index (Phi) is 4.87. The third-order valence-corrected chi connectivity index (χ3v) is 5.38. The summed E-state index contributed by atoms with van der Waals surface area (Å²) >= 11 is 0. The van der Waals surface area contributed by atoms with Crippen LogP contribution in [0.15, 0.2) is 42.7 Å². The highest BCUT2D eigenvalue weighted by Crippen LogP contribution is 2.40. The van der Waals surface area contributed by atoms with E-state index >= 15 is 0 Å². The molecule has 0 saturated carbocycles. The van der Waals surface area contributed by atoms with Crippen LogP contribution in [-0.2, 0) is 22.6 Å². The molecular formula is C23H21N3O4. The summed E-state index contributed by atoms with van der Waals surface area (Å²) in [4.78, 5) is 26.8. The highest BCUT2D eigenvalue weighted by molar-refractivity contribution is 6.18. The van der Waals surface area contributed by atoms with E-state index in [1.165, 1.54) is 11.8 Å². The summed E-state index contributed by atoms with van der Waals surface area (Å²) in [5.74, 6) is -1.04. The van der Waals surface area contributed by atoms with Crippen molar-refractivity contribution in [2.24, 2.45) is 0 Å². The molecule has 0 saturated heterocycles. The lowest BCUT2D eigenvalue weighted by atomic mass is 10.0. The first kappa shape index (κ1) is 19.4. The van der Waals surface area contributed by atoms with Crippen molar-refractivity contribution < 1.29 is 19.8 Å². The number of aryl methyl sites for hydroxylation is 2. The molecule has 4 aromatic rings. The Bertz CT molecular complexity index is 1310. The number of nitrogens with zero attached hydrogens (tertiary/aromatic N) is 2. The molecule has 3 N–H and O–H groups in total. The van der Waals surface area contributed by atoms with Crippen LogP contribution in [0.1, 0.15) is 22.3 Å². The summed E-state index contributed by atoms with van der Waals surface area (Å²) in [7, 11) is 0. The van der Waals surface area contributed by atoms with Crippen molar-refractivity contribution in [1.29, 1.82) is 0 Å². The number of carbonyl (C=O) groups is 2. The molecule has 2 aromatic heterocycles. The van der Waals surface area contributed by atoms with E-state index in [9.17, 15) is 19.8 Å². The van der Waals surface area contributed by atoms with Gasteiger partial charge < -0.3 is 20.1 Å². The summed E-state index contributed by atoms with van der Waals surface area (Å²) in [5, 5.41) is 23.6. The number of hydrogen-bond donors (Lipinski definition) is 3. The van der Waals surface area contributed by atoms with E-state index in [4.69, 9.17) is 0 Å². The quantitative estimate of drug-likeness (QED) is 0.425. The molecule has 0 spiro atoms. The molecule has 2 heterocycles. The van der Waals surface area contributed by atoms with E-state index in [0.717, 1.165) is 16.6 Å². The van der Waals surface area contributed by atoms with Gasteiger partial charge in [-0.2, -0.15) is 0 Å². The Morgan fingerprint density at radius 2 is 1.87 bits per heavy atom. The Labute approximate surface area is 172 Å². The lowest BCUT2D eigenvalue weighted by Gasteiger charge is -2.12. The topological polar surface area (TPSA) is 104 Å². The van der Waals surface area contributed by atoms with Crippen molar-refractivity contribution in [1.82, 2.24) is 9.55 Å². The fraction of sp³-hybridized carbons (Fsp3) is 0.174. The molecule has 0 radical (unpaired) electrons. The largest absolute Gasteiger partial charge is 0.506 e. The Hall–Kier alpha value is -3.87. The molecule has 0 atom stereocenters. The van der Waals surface area contributed by atoms with Gasteiger partial charge in [0.25, 0.3) is 0 Å². The Morgan fingerprint density at radius 1 is 1.10 bits per heavy atom. The molecule has 0 aliphatic carbocycles. The van der Waals surface area contributed by atoms with Crippen molar-refractivity contribution in [2.45, 2.75) is 26.8 Å². The molecule has 2 aromatic carbocycles. The summed E-state index contributed by atoms with van der Waals surface area (Å²) in [6.45, 7) is 4.63. The zero-order chi connectivity index (χ0) is 21.4. The minimum atomic E-state index is -1.01. The van der Waals surface area contributed by atoms with Crippen molar-refractivity contribution in [3.8, 4) is 5.75 Å². The standard InChI is InChI=1S/C23H21N3O4/c1-13-3-4-16(14(2)7-13)11-26-17-6-5-15(8-20(29)30)23(25-12-27)22(17)21-18(26)9-24-10-19(21)28/h3-7,9-10,12,28H,8,11H2,1-2H3,(H,25,27)(H,29,30). The molecule has 7 nitrogen and oxygen atoms in total. The monoisotopic (exact) mass is 403 g/mol. The van der Waals surface area contributed by atoms with Gasteiger partial charge in [-0.15, -0.1) is 0 Å². The van der Waals surface area contributed by atoms with Crippen LogP contribution in [0.25, 0.3) is 21.8 Å². The van der Waals surface area contributed by atoms with Gasteiger partial charge in [0.15, 0.2) is 0 Å². The predicted octanol–water partition coefficient (Wildman–Crippen LogP) is 3.76. The zero-order valence-corrected chi connectivity index (χ0v) is 16.6. The summed E-state index contributed by atoms with van der Waals surface area (Å²) in [6, 6.07) is 9.76. The number of pyridine rings is 1. The lowest BCUT2D eigenvalue weighted by molar-refractivity contribution is -0.136. The van der Waals surface area contributed by atoms with E-state index < -0.39 is 5.97 Å². The fourth-order valence-electron chi connectivity index (χ4n) is 4.04. The number of aromatic hydroxyl groups is 1. The van der Waals surface area contributed by atoms with Crippen molar-refractivity contribution in [3.05, 3.63) is 65.0 Å². The number of benzene rings is 2. The van der Waals surface area contributed by atoms with E-state index in [1.54, 1.807) is 12.3 Å². The number of aliphatic carboxylic acids is 1. The van der Waals surface area contributed by atoms with Gasteiger partial charge in [0.2, 0.25) is 6.41 Å². The molecule has 7 heteroatoms.